The van der Waals surface area contributed by atoms with E-state index in [0.29, 0.717) is 35.4 Å². The molecule has 0 N–H and O–H groups in total. The molecule has 1 aliphatic rings. The lowest BCUT2D eigenvalue weighted by Crippen LogP contribution is -2.29. The summed E-state index contributed by atoms with van der Waals surface area (Å²) in [5.41, 5.74) is 3.46. The van der Waals surface area contributed by atoms with Gasteiger partial charge in [0.25, 0.3) is 5.91 Å². The van der Waals surface area contributed by atoms with E-state index in [1.807, 2.05) is 66.7 Å². The molecule has 2 heterocycles. The van der Waals surface area contributed by atoms with Gasteiger partial charge in [-0.05, 0) is 42.0 Å². The molecule has 5 nitrogen and oxygen atoms in total. The van der Waals surface area contributed by atoms with Gasteiger partial charge in [-0.1, -0.05) is 48.0 Å². The van der Waals surface area contributed by atoms with Crippen LogP contribution in [0.4, 0.5) is 5.95 Å². The number of hydrogen-bond acceptors (Lipinski definition) is 3. The number of imidazole rings is 1. The average molecular weight is 404 g/mol. The van der Waals surface area contributed by atoms with Crippen molar-refractivity contribution in [3.05, 3.63) is 88.9 Å². The van der Waals surface area contributed by atoms with Gasteiger partial charge in [-0.15, -0.1) is 0 Å². The largest absolute Gasteiger partial charge is 0.488 e. The van der Waals surface area contributed by atoms with Crippen LogP contribution in [0.5, 0.6) is 5.75 Å². The standard InChI is InChI=1S/C23H18ClN3O2/c24-17-11-9-16(10-12-17)15-29-21-8-4-1-5-18(21)22(28)27-14-13-26-20-7-3-2-6-19(20)25-23(26)27/h1-12H,13-15H2. The first-order chi connectivity index (χ1) is 14.2. The number of halogens is 1. The number of para-hydroxylation sites is 3. The molecular weight excluding hydrogens is 386 g/mol. The number of anilines is 1. The van der Waals surface area contributed by atoms with E-state index < -0.39 is 0 Å². The number of rotatable bonds is 4. The van der Waals surface area contributed by atoms with Gasteiger partial charge in [-0.2, -0.15) is 0 Å². The highest BCUT2D eigenvalue weighted by Gasteiger charge is 2.30. The molecule has 0 saturated carbocycles. The number of benzene rings is 3. The van der Waals surface area contributed by atoms with Crippen LogP contribution in [0.15, 0.2) is 72.8 Å². The Balaban J connectivity index is 1.42. The van der Waals surface area contributed by atoms with Crippen LogP contribution >= 0.6 is 11.6 Å². The van der Waals surface area contributed by atoms with Crippen molar-refractivity contribution < 1.29 is 9.53 Å². The Labute approximate surface area is 173 Å². The predicted octanol–water partition coefficient (Wildman–Crippen LogP) is 4.93. The predicted molar refractivity (Wildman–Crippen MR) is 114 cm³/mol. The lowest BCUT2D eigenvalue weighted by Gasteiger charge is -2.17. The third kappa shape index (κ3) is 3.23. The Bertz CT molecular complexity index is 1200. The number of hydrogen-bond donors (Lipinski definition) is 0. The van der Waals surface area contributed by atoms with E-state index in [1.165, 1.54) is 0 Å². The molecule has 0 atom stereocenters. The maximum absolute atomic E-state index is 13.3. The highest BCUT2D eigenvalue weighted by Crippen LogP contribution is 2.30. The van der Waals surface area contributed by atoms with Gasteiger partial charge in [0.15, 0.2) is 0 Å². The van der Waals surface area contributed by atoms with Crippen LogP contribution in [0.25, 0.3) is 11.0 Å². The van der Waals surface area contributed by atoms with Gasteiger partial charge >= 0.3 is 0 Å². The normalized spacial score (nSPS) is 12.9. The highest BCUT2D eigenvalue weighted by atomic mass is 35.5. The summed E-state index contributed by atoms with van der Waals surface area (Å²) in [4.78, 5) is 19.7. The van der Waals surface area contributed by atoms with Gasteiger partial charge in [-0.3, -0.25) is 9.69 Å². The summed E-state index contributed by atoms with van der Waals surface area (Å²) >= 11 is 5.94. The summed E-state index contributed by atoms with van der Waals surface area (Å²) in [7, 11) is 0. The van der Waals surface area contributed by atoms with Gasteiger partial charge in [0.2, 0.25) is 5.95 Å². The summed E-state index contributed by atoms with van der Waals surface area (Å²) in [6.07, 6.45) is 0. The zero-order valence-corrected chi connectivity index (χ0v) is 16.3. The van der Waals surface area contributed by atoms with Gasteiger partial charge in [0.1, 0.15) is 12.4 Å². The molecule has 4 aromatic rings. The van der Waals surface area contributed by atoms with Crippen LogP contribution < -0.4 is 9.64 Å². The number of aromatic nitrogens is 2. The molecule has 0 spiro atoms. The van der Waals surface area contributed by atoms with E-state index in [9.17, 15) is 4.79 Å². The lowest BCUT2D eigenvalue weighted by atomic mass is 10.1. The summed E-state index contributed by atoms with van der Waals surface area (Å²) in [6.45, 7) is 1.69. The molecule has 144 valence electrons. The summed E-state index contributed by atoms with van der Waals surface area (Å²) in [6, 6.07) is 22.7. The molecule has 0 radical (unpaired) electrons. The zero-order chi connectivity index (χ0) is 19.8. The molecule has 3 aromatic carbocycles. The second kappa shape index (κ2) is 7.26. The van der Waals surface area contributed by atoms with Crippen molar-refractivity contribution >= 4 is 34.5 Å². The topological polar surface area (TPSA) is 47.4 Å². The van der Waals surface area contributed by atoms with Gasteiger partial charge < -0.3 is 9.30 Å². The highest BCUT2D eigenvalue weighted by molar-refractivity contribution is 6.30. The SMILES string of the molecule is O=C(c1ccccc1OCc1ccc(Cl)cc1)N1CCn2c1nc1ccccc12. The van der Waals surface area contributed by atoms with Gasteiger partial charge in [0.05, 0.1) is 16.6 Å². The number of nitrogens with zero attached hydrogens (tertiary/aromatic N) is 3. The number of carbonyl (C=O) groups is 1. The molecule has 1 aromatic heterocycles. The number of ether oxygens (including phenoxy) is 1. The molecule has 0 aliphatic carbocycles. The molecule has 0 saturated heterocycles. The van der Waals surface area contributed by atoms with E-state index in [-0.39, 0.29) is 5.91 Å². The fraction of sp³-hybridized carbons (Fsp3) is 0.130. The monoisotopic (exact) mass is 403 g/mol. The van der Waals surface area contributed by atoms with E-state index in [2.05, 4.69) is 9.55 Å². The van der Waals surface area contributed by atoms with Crippen molar-refractivity contribution in [3.63, 3.8) is 0 Å². The molecule has 0 fully saturated rings. The number of fused-ring (bicyclic) bond motifs is 3. The van der Waals surface area contributed by atoms with Crippen LogP contribution in [0.1, 0.15) is 15.9 Å². The van der Waals surface area contributed by atoms with E-state index in [4.69, 9.17) is 16.3 Å². The van der Waals surface area contributed by atoms with E-state index in [0.717, 1.165) is 23.1 Å². The molecule has 29 heavy (non-hydrogen) atoms. The summed E-state index contributed by atoms with van der Waals surface area (Å²) < 4.78 is 8.06. The van der Waals surface area contributed by atoms with E-state index >= 15 is 0 Å². The Morgan fingerprint density at radius 1 is 0.966 bits per heavy atom. The average Bonchev–Trinajstić information content (AvgIpc) is 3.32. The van der Waals surface area contributed by atoms with Crippen LogP contribution in [-0.2, 0) is 13.2 Å². The molecule has 5 rings (SSSR count). The van der Waals surface area contributed by atoms with Crippen LogP contribution in [0.3, 0.4) is 0 Å². The Kier molecular flexibility index (Phi) is 4.45. The van der Waals surface area contributed by atoms with Crippen LogP contribution in [-0.4, -0.2) is 22.0 Å². The van der Waals surface area contributed by atoms with Crippen molar-refractivity contribution in [2.24, 2.45) is 0 Å². The number of carbonyl (C=O) groups excluding carboxylic acids is 1. The summed E-state index contributed by atoms with van der Waals surface area (Å²) in [5, 5.41) is 0.682. The smallest absolute Gasteiger partial charge is 0.264 e. The second-order valence-electron chi connectivity index (χ2n) is 6.92. The molecule has 6 heteroatoms. The first-order valence-corrected chi connectivity index (χ1v) is 9.82. The number of amides is 1. The first-order valence-electron chi connectivity index (χ1n) is 9.44. The quantitative estimate of drug-likeness (QED) is 0.485. The Morgan fingerprint density at radius 2 is 1.72 bits per heavy atom. The fourth-order valence-electron chi connectivity index (χ4n) is 3.64. The lowest BCUT2D eigenvalue weighted by molar-refractivity contribution is 0.0984. The molecule has 1 amide bonds. The molecule has 0 bridgehead atoms. The minimum absolute atomic E-state index is 0.106. The third-order valence-electron chi connectivity index (χ3n) is 5.09. The Hall–Kier alpha value is -3.31. The van der Waals surface area contributed by atoms with Gasteiger partial charge in [0, 0.05) is 18.1 Å². The van der Waals surface area contributed by atoms with Crippen molar-refractivity contribution in [2.75, 3.05) is 11.4 Å². The Morgan fingerprint density at radius 3 is 2.59 bits per heavy atom. The molecule has 0 unspecified atom stereocenters. The molecule has 1 aliphatic heterocycles. The van der Waals surface area contributed by atoms with Crippen LogP contribution in [0, 0.1) is 0 Å². The second-order valence-corrected chi connectivity index (χ2v) is 7.36. The molecular formula is C23H18ClN3O2. The fourth-order valence-corrected chi connectivity index (χ4v) is 3.76. The first kappa shape index (κ1) is 17.8. The zero-order valence-electron chi connectivity index (χ0n) is 15.6. The van der Waals surface area contributed by atoms with Crippen LogP contribution in [0.2, 0.25) is 5.02 Å². The van der Waals surface area contributed by atoms with Gasteiger partial charge in [-0.25, -0.2) is 4.98 Å². The van der Waals surface area contributed by atoms with E-state index in [1.54, 1.807) is 11.0 Å². The van der Waals surface area contributed by atoms with Crippen molar-refractivity contribution in [3.8, 4) is 5.75 Å². The maximum atomic E-state index is 13.3. The third-order valence-corrected chi connectivity index (χ3v) is 5.35. The minimum atomic E-state index is -0.106. The van der Waals surface area contributed by atoms with Crippen molar-refractivity contribution in [2.45, 2.75) is 13.2 Å². The minimum Gasteiger partial charge on any atom is -0.488 e. The van der Waals surface area contributed by atoms with Crippen molar-refractivity contribution in [1.29, 1.82) is 0 Å². The van der Waals surface area contributed by atoms with Crippen molar-refractivity contribution in [1.82, 2.24) is 9.55 Å². The summed E-state index contributed by atoms with van der Waals surface area (Å²) in [5.74, 6) is 1.14. The maximum Gasteiger partial charge on any atom is 0.264 e.